The van der Waals surface area contributed by atoms with Crippen molar-refractivity contribution < 1.29 is 18.9 Å². The standard InChI is InChI=1S/C18H22O.C15H24O.C14H22O.C13H20O/c1-13(2)15-5-9-17(10-6-15)19-18-11-7-16(8-12-18)14(3)4;1-12(2)9-10-16-15-7-5-14(6-8-15)11-13(3)4;1-11(2)9-10-15-14-7-5-13(6-8-14)12(3)4;1-10(2)9-14-13-7-5-12(6-8-13)11(3)4/h5-14H,1-4H3;5-8,12-13H,9-11H2,1-4H3;5-8,11-12H,9-10H2,1-4H3;5-8,10-11H,9H2,1-4H3. The molecule has 4 nitrogen and oxygen atoms in total. The summed E-state index contributed by atoms with van der Waals surface area (Å²) in [6, 6.07) is 42.0. The van der Waals surface area contributed by atoms with Crippen LogP contribution >= 0.6 is 0 Å². The Hall–Kier alpha value is -4.70. The summed E-state index contributed by atoms with van der Waals surface area (Å²) in [5, 5.41) is 0. The van der Waals surface area contributed by atoms with Crippen molar-refractivity contribution in [2.75, 3.05) is 19.8 Å². The van der Waals surface area contributed by atoms with Crippen LogP contribution in [0.15, 0.2) is 121 Å². The fraction of sp³-hybridized carbons (Fsp3) is 0.500. The summed E-state index contributed by atoms with van der Waals surface area (Å²) < 4.78 is 22.8. The fourth-order valence-corrected chi connectivity index (χ4v) is 6.16. The fourth-order valence-electron chi connectivity index (χ4n) is 6.16. The zero-order chi connectivity index (χ0) is 47.6. The Morgan fingerprint density at radius 1 is 0.297 bits per heavy atom. The molecule has 0 atom stereocenters. The van der Waals surface area contributed by atoms with Crippen molar-refractivity contribution in [1.29, 1.82) is 0 Å². The minimum Gasteiger partial charge on any atom is -0.494 e. The summed E-state index contributed by atoms with van der Waals surface area (Å²) in [6.07, 6.45) is 3.38. The average Bonchev–Trinajstić information content (AvgIpc) is 3.24. The third kappa shape index (κ3) is 24.4. The zero-order valence-electron chi connectivity index (χ0n) is 43.0. The van der Waals surface area contributed by atoms with Gasteiger partial charge in [0.2, 0.25) is 0 Å². The average molecular weight is 873 g/mol. The van der Waals surface area contributed by atoms with E-state index in [1.165, 1.54) is 27.8 Å². The molecule has 0 aliphatic heterocycles. The highest BCUT2D eigenvalue weighted by molar-refractivity contribution is 5.36. The van der Waals surface area contributed by atoms with Crippen molar-refractivity contribution in [3.63, 3.8) is 0 Å². The Bertz CT molecular complexity index is 1830. The van der Waals surface area contributed by atoms with Crippen molar-refractivity contribution in [3.05, 3.63) is 149 Å². The van der Waals surface area contributed by atoms with E-state index in [1.807, 2.05) is 24.3 Å². The Morgan fingerprint density at radius 2 is 0.578 bits per heavy atom. The highest BCUT2D eigenvalue weighted by Gasteiger charge is 2.05. The van der Waals surface area contributed by atoms with Crippen LogP contribution in [0.5, 0.6) is 28.7 Å². The summed E-state index contributed by atoms with van der Waals surface area (Å²) in [5.41, 5.74) is 6.80. The van der Waals surface area contributed by atoms with E-state index in [0.29, 0.717) is 47.3 Å². The van der Waals surface area contributed by atoms with E-state index < -0.39 is 0 Å². The first kappa shape index (κ1) is 55.4. The SMILES string of the molecule is CC(C)CCOc1ccc(C(C)C)cc1.CC(C)CCOc1ccc(CC(C)C)cc1.CC(C)COc1ccc(C(C)C)cc1.CC(C)c1ccc(Oc2ccc(C(C)C)cc2)cc1. The molecular formula is C60H88O4. The van der Waals surface area contributed by atoms with Crippen molar-refractivity contribution >= 4 is 0 Å². The van der Waals surface area contributed by atoms with Gasteiger partial charge >= 0.3 is 0 Å². The minimum absolute atomic E-state index is 0.555. The summed E-state index contributed by atoms with van der Waals surface area (Å²) in [7, 11) is 0. The molecule has 0 aliphatic carbocycles. The van der Waals surface area contributed by atoms with E-state index in [1.54, 1.807) is 0 Å². The molecule has 0 saturated heterocycles. The first-order valence-electron chi connectivity index (χ1n) is 24.4. The molecule has 0 spiro atoms. The molecule has 0 unspecified atom stereocenters. The lowest BCUT2D eigenvalue weighted by Crippen LogP contribution is -2.04. The maximum atomic E-state index is 5.85. The monoisotopic (exact) mass is 873 g/mol. The maximum Gasteiger partial charge on any atom is 0.127 e. The van der Waals surface area contributed by atoms with Crippen LogP contribution in [0.25, 0.3) is 0 Å². The number of benzene rings is 5. The second-order valence-electron chi connectivity index (χ2n) is 20.0. The molecule has 0 N–H and O–H groups in total. The van der Waals surface area contributed by atoms with Crippen molar-refractivity contribution in [1.82, 2.24) is 0 Å². The molecule has 5 aromatic rings. The van der Waals surface area contributed by atoms with E-state index in [0.717, 1.165) is 67.8 Å². The molecule has 352 valence electrons. The molecular weight excluding hydrogens is 785 g/mol. The Kier molecular flexibility index (Phi) is 26.4. The molecule has 0 amide bonds. The lowest BCUT2D eigenvalue weighted by atomic mass is 10.0. The predicted molar refractivity (Wildman–Crippen MR) is 277 cm³/mol. The van der Waals surface area contributed by atoms with Gasteiger partial charge in [-0.25, -0.2) is 0 Å². The van der Waals surface area contributed by atoms with Gasteiger partial charge in [-0.05, 0) is 155 Å². The summed E-state index contributed by atoms with van der Waals surface area (Å²) >= 11 is 0. The van der Waals surface area contributed by atoms with Crippen LogP contribution in [-0.4, -0.2) is 19.8 Å². The van der Waals surface area contributed by atoms with Gasteiger partial charge in [0.1, 0.15) is 28.7 Å². The molecule has 0 radical (unpaired) electrons. The first-order chi connectivity index (χ1) is 30.3. The molecule has 0 fully saturated rings. The van der Waals surface area contributed by atoms with Gasteiger partial charge in [0.25, 0.3) is 0 Å². The first-order valence-corrected chi connectivity index (χ1v) is 24.4. The molecule has 4 heteroatoms. The molecule has 5 rings (SSSR count). The molecule has 0 aliphatic rings. The van der Waals surface area contributed by atoms with Gasteiger partial charge in [-0.3, -0.25) is 0 Å². The molecule has 0 saturated carbocycles. The Labute approximate surface area is 392 Å². The van der Waals surface area contributed by atoms with Crippen LogP contribution in [0.1, 0.15) is 175 Å². The summed E-state index contributed by atoms with van der Waals surface area (Å²) in [4.78, 5) is 0. The van der Waals surface area contributed by atoms with Crippen LogP contribution in [0.2, 0.25) is 0 Å². The van der Waals surface area contributed by atoms with Gasteiger partial charge in [0.15, 0.2) is 0 Å². The minimum atomic E-state index is 0.555. The third-order valence-corrected chi connectivity index (χ3v) is 10.5. The van der Waals surface area contributed by atoms with Crippen LogP contribution in [0.3, 0.4) is 0 Å². The molecule has 5 aromatic carbocycles. The largest absolute Gasteiger partial charge is 0.494 e. The maximum absolute atomic E-state index is 5.85. The topological polar surface area (TPSA) is 36.9 Å². The van der Waals surface area contributed by atoms with Gasteiger partial charge in [-0.15, -0.1) is 0 Å². The predicted octanol–water partition coefficient (Wildman–Crippen LogP) is 18.1. The van der Waals surface area contributed by atoms with Crippen LogP contribution < -0.4 is 18.9 Å². The van der Waals surface area contributed by atoms with Gasteiger partial charge in [-0.1, -0.05) is 171 Å². The smallest absolute Gasteiger partial charge is 0.127 e. The lowest BCUT2D eigenvalue weighted by Gasteiger charge is -2.10. The van der Waals surface area contributed by atoms with Crippen molar-refractivity contribution in [2.24, 2.45) is 23.7 Å². The quantitative estimate of drug-likeness (QED) is 0.0828. The van der Waals surface area contributed by atoms with Crippen LogP contribution in [0, 0.1) is 23.7 Å². The highest BCUT2D eigenvalue weighted by atomic mass is 16.5. The zero-order valence-corrected chi connectivity index (χ0v) is 43.0. The van der Waals surface area contributed by atoms with Gasteiger partial charge in [0, 0.05) is 0 Å². The molecule has 0 heterocycles. The number of rotatable bonds is 19. The molecule has 64 heavy (non-hydrogen) atoms. The van der Waals surface area contributed by atoms with E-state index in [4.69, 9.17) is 18.9 Å². The Morgan fingerprint density at radius 3 is 0.844 bits per heavy atom. The van der Waals surface area contributed by atoms with E-state index in [-0.39, 0.29) is 0 Å². The van der Waals surface area contributed by atoms with E-state index >= 15 is 0 Å². The molecule has 0 aromatic heterocycles. The van der Waals surface area contributed by atoms with Crippen LogP contribution in [-0.2, 0) is 6.42 Å². The van der Waals surface area contributed by atoms with Gasteiger partial charge < -0.3 is 18.9 Å². The van der Waals surface area contributed by atoms with E-state index in [9.17, 15) is 0 Å². The van der Waals surface area contributed by atoms with Gasteiger partial charge in [-0.2, -0.15) is 0 Å². The Balaban J connectivity index is 0.000000296. The number of hydrogen-bond acceptors (Lipinski definition) is 4. The third-order valence-electron chi connectivity index (χ3n) is 10.5. The molecule has 0 bridgehead atoms. The van der Waals surface area contributed by atoms with E-state index in [2.05, 4.69) is 208 Å². The van der Waals surface area contributed by atoms with Crippen LogP contribution in [0.4, 0.5) is 0 Å². The summed E-state index contributed by atoms with van der Waals surface area (Å²) in [6.45, 7) is 37.7. The number of ether oxygens (including phenoxy) is 4. The summed E-state index contributed by atoms with van der Waals surface area (Å²) in [5.74, 6) is 9.75. The normalized spacial score (nSPS) is 11.1. The second kappa shape index (κ2) is 30.4. The van der Waals surface area contributed by atoms with Crippen molar-refractivity contribution in [2.45, 2.75) is 154 Å². The van der Waals surface area contributed by atoms with Crippen molar-refractivity contribution in [3.8, 4) is 28.7 Å². The lowest BCUT2D eigenvalue weighted by molar-refractivity contribution is 0.271. The van der Waals surface area contributed by atoms with Gasteiger partial charge in [0.05, 0.1) is 19.8 Å². The second-order valence-corrected chi connectivity index (χ2v) is 20.0. The number of hydrogen-bond donors (Lipinski definition) is 0. The highest BCUT2D eigenvalue weighted by Crippen LogP contribution is 2.26.